The molecule has 0 saturated heterocycles. The molecule has 2 unspecified atom stereocenters. The molecule has 6 nitrogen and oxygen atoms in total. The Bertz CT molecular complexity index is 900. The maximum atomic E-state index is 12.4. The fourth-order valence-corrected chi connectivity index (χ4v) is 6.96. The maximum absolute atomic E-state index is 12.4. The number of esters is 1. The van der Waals surface area contributed by atoms with Gasteiger partial charge in [0, 0.05) is 12.8 Å². The van der Waals surface area contributed by atoms with E-state index in [2.05, 4.69) is 43.5 Å². The van der Waals surface area contributed by atoms with Gasteiger partial charge in [-0.05, 0) is 57.8 Å². The smallest absolute Gasteiger partial charge is 0.305 e. The number of aliphatic hydroxyl groups is 2. The van der Waals surface area contributed by atoms with Crippen LogP contribution in [0.15, 0.2) is 36.5 Å². The number of ether oxygens (including phenoxy) is 1. The summed E-state index contributed by atoms with van der Waals surface area (Å²) in [6.07, 6.45) is 52.7. The second-order valence-corrected chi connectivity index (χ2v) is 16.1. The number of amides is 1. The number of hydrogen-bond acceptors (Lipinski definition) is 5. The van der Waals surface area contributed by atoms with Crippen LogP contribution in [0.1, 0.15) is 239 Å². The Hall–Kier alpha value is -1.92. The van der Waals surface area contributed by atoms with Gasteiger partial charge in [0.15, 0.2) is 0 Å². The van der Waals surface area contributed by atoms with E-state index < -0.39 is 12.1 Å². The first-order valence-corrected chi connectivity index (χ1v) is 23.8. The second-order valence-electron chi connectivity index (χ2n) is 16.1. The summed E-state index contributed by atoms with van der Waals surface area (Å²) in [5.74, 6) is -0.107. The Morgan fingerprint density at radius 3 is 1.45 bits per heavy atom. The van der Waals surface area contributed by atoms with Crippen molar-refractivity contribution in [1.29, 1.82) is 0 Å². The zero-order chi connectivity index (χ0) is 40.1. The third-order valence-corrected chi connectivity index (χ3v) is 10.6. The summed E-state index contributed by atoms with van der Waals surface area (Å²) in [5, 5.41) is 23.0. The lowest BCUT2D eigenvalue weighted by Gasteiger charge is -2.20. The standard InChI is InChI=1S/C49H91NO5/c1-3-5-7-9-11-13-15-18-23-27-31-35-39-43-49(54)55-44-40-36-32-28-24-20-17-19-22-26-30-34-38-42-48(53)50-46(45-51)47(52)41-37-33-29-25-21-16-14-12-10-8-6-4-2/h7,9,13,15,37,41,46-47,51-52H,3-6,8,10-12,14,16-36,38-40,42-45H2,1-2H3,(H,50,53)/b9-7-,15-13-,41-37+. The molecule has 322 valence electrons. The highest BCUT2D eigenvalue weighted by atomic mass is 16.5. The van der Waals surface area contributed by atoms with Crippen molar-refractivity contribution in [2.24, 2.45) is 0 Å². The van der Waals surface area contributed by atoms with Crippen LogP contribution in [0.25, 0.3) is 0 Å². The van der Waals surface area contributed by atoms with Gasteiger partial charge in [-0.15, -0.1) is 0 Å². The molecule has 0 aromatic heterocycles. The van der Waals surface area contributed by atoms with Crippen molar-refractivity contribution in [3.8, 4) is 0 Å². The zero-order valence-electron chi connectivity index (χ0n) is 36.4. The van der Waals surface area contributed by atoms with E-state index in [9.17, 15) is 19.8 Å². The first-order chi connectivity index (χ1) is 27.0. The average molecular weight is 774 g/mol. The molecular weight excluding hydrogens is 683 g/mol. The summed E-state index contributed by atoms with van der Waals surface area (Å²) >= 11 is 0. The van der Waals surface area contributed by atoms with E-state index in [0.29, 0.717) is 19.4 Å². The lowest BCUT2D eigenvalue weighted by molar-refractivity contribution is -0.143. The highest BCUT2D eigenvalue weighted by Crippen LogP contribution is 2.15. The van der Waals surface area contributed by atoms with Crippen molar-refractivity contribution >= 4 is 11.9 Å². The minimum Gasteiger partial charge on any atom is -0.466 e. The lowest BCUT2D eigenvalue weighted by Crippen LogP contribution is -2.45. The molecule has 0 rings (SSSR count). The third kappa shape index (κ3) is 41.5. The lowest BCUT2D eigenvalue weighted by atomic mass is 10.0. The fraction of sp³-hybridized carbons (Fsp3) is 0.837. The Kier molecular flexibility index (Phi) is 43.2. The molecule has 3 N–H and O–H groups in total. The van der Waals surface area contributed by atoms with Gasteiger partial charge in [-0.2, -0.15) is 0 Å². The summed E-state index contributed by atoms with van der Waals surface area (Å²) in [4.78, 5) is 24.4. The fourth-order valence-electron chi connectivity index (χ4n) is 6.96. The van der Waals surface area contributed by atoms with Crippen LogP contribution in [0, 0.1) is 0 Å². The van der Waals surface area contributed by atoms with Gasteiger partial charge in [-0.1, -0.05) is 204 Å². The highest BCUT2D eigenvalue weighted by Gasteiger charge is 2.18. The Labute approximate surface area is 341 Å². The molecule has 1 amide bonds. The predicted octanol–water partition coefficient (Wildman–Crippen LogP) is 13.7. The molecule has 2 atom stereocenters. The largest absolute Gasteiger partial charge is 0.466 e. The van der Waals surface area contributed by atoms with Crippen LogP contribution >= 0.6 is 0 Å². The molecule has 6 heteroatoms. The van der Waals surface area contributed by atoms with Crippen LogP contribution in [-0.4, -0.2) is 47.4 Å². The molecular formula is C49H91NO5. The molecule has 0 aliphatic carbocycles. The Morgan fingerprint density at radius 1 is 0.509 bits per heavy atom. The first-order valence-electron chi connectivity index (χ1n) is 23.8. The minimum absolute atomic E-state index is 0.0232. The highest BCUT2D eigenvalue weighted by molar-refractivity contribution is 5.76. The van der Waals surface area contributed by atoms with Gasteiger partial charge < -0.3 is 20.3 Å². The van der Waals surface area contributed by atoms with E-state index in [4.69, 9.17) is 4.74 Å². The van der Waals surface area contributed by atoms with Crippen LogP contribution in [0.5, 0.6) is 0 Å². The molecule has 0 aliphatic heterocycles. The molecule has 55 heavy (non-hydrogen) atoms. The van der Waals surface area contributed by atoms with Crippen molar-refractivity contribution in [2.75, 3.05) is 13.2 Å². The molecule has 0 aliphatic rings. The Balaban J connectivity index is 3.50. The number of carbonyl (C=O) groups excluding carboxylic acids is 2. The number of allylic oxidation sites excluding steroid dienone is 5. The summed E-state index contributed by atoms with van der Waals surface area (Å²) in [6.45, 7) is 4.78. The summed E-state index contributed by atoms with van der Waals surface area (Å²) in [6, 6.07) is -0.637. The van der Waals surface area contributed by atoms with Gasteiger partial charge in [0.05, 0.1) is 25.4 Å². The molecule has 0 saturated carbocycles. The van der Waals surface area contributed by atoms with Crippen molar-refractivity contribution in [1.82, 2.24) is 5.32 Å². The molecule has 0 spiro atoms. The molecule has 0 bridgehead atoms. The summed E-state index contributed by atoms with van der Waals surface area (Å²) in [5.41, 5.74) is 0. The summed E-state index contributed by atoms with van der Waals surface area (Å²) < 4.78 is 5.44. The first kappa shape index (κ1) is 53.1. The number of rotatable bonds is 43. The number of unbranched alkanes of at least 4 members (excludes halogenated alkanes) is 28. The van der Waals surface area contributed by atoms with Crippen LogP contribution in [0.4, 0.5) is 0 Å². The zero-order valence-corrected chi connectivity index (χ0v) is 36.4. The molecule has 0 radical (unpaired) electrons. The molecule has 0 aromatic carbocycles. The minimum atomic E-state index is -0.852. The SMILES string of the molecule is CCC/C=C\C/C=C\CCCCCCCC(=O)OCCCCCCCCCCCCCCCC(=O)NC(CO)C(O)/C=C/CCCCCCCCCCCC. The molecule has 0 fully saturated rings. The number of carbonyl (C=O) groups is 2. The number of nitrogens with one attached hydrogen (secondary N) is 1. The van der Waals surface area contributed by atoms with E-state index in [1.165, 1.54) is 141 Å². The van der Waals surface area contributed by atoms with Crippen molar-refractivity contribution in [2.45, 2.75) is 251 Å². The van der Waals surface area contributed by atoms with Gasteiger partial charge in [-0.25, -0.2) is 0 Å². The monoisotopic (exact) mass is 774 g/mol. The Morgan fingerprint density at radius 2 is 0.945 bits per heavy atom. The maximum Gasteiger partial charge on any atom is 0.305 e. The quantitative estimate of drug-likeness (QED) is 0.0326. The van der Waals surface area contributed by atoms with E-state index in [0.717, 1.165) is 70.6 Å². The van der Waals surface area contributed by atoms with E-state index >= 15 is 0 Å². The van der Waals surface area contributed by atoms with Gasteiger partial charge >= 0.3 is 5.97 Å². The van der Waals surface area contributed by atoms with E-state index in [1.54, 1.807) is 6.08 Å². The van der Waals surface area contributed by atoms with Crippen LogP contribution in [0.3, 0.4) is 0 Å². The van der Waals surface area contributed by atoms with Crippen molar-refractivity contribution < 1.29 is 24.5 Å². The molecule has 0 aromatic rings. The van der Waals surface area contributed by atoms with E-state index in [1.807, 2.05) is 6.08 Å². The van der Waals surface area contributed by atoms with Crippen LogP contribution in [-0.2, 0) is 14.3 Å². The number of hydrogen-bond donors (Lipinski definition) is 3. The van der Waals surface area contributed by atoms with Crippen LogP contribution in [0.2, 0.25) is 0 Å². The topological polar surface area (TPSA) is 95.9 Å². The van der Waals surface area contributed by atoms with E-state index in [-0.39, 0.29) is 18.5 Å². The van der Waals surface area contributed by atoms with Crippen molar-refractivity contribution in [3.05, 3.63) is 36.5 Å². The average Bonchev–Trinajstić information content (AvgIpc) is 3.18. The normalized spacial score (nSPS) is 13.0. The number of aliphatic hydroxyl groups excluding tert-OH is 2. The second kappa shape index (κ2) is 44.8. The van der Waals surface area contributed by atoms with Gasteiger partial charge in [0.2, 0.25) is 5.91 Å². The summed E-state index contributed by atoms with van der Waals surface area (Å²) in [7, 11) is 0. The van der Waals surface area contributed by atoms with Gasteiger partial charge in [0.1, 0.15) is 0 Å². The van der Waals surface area contributed by atoms with Crippen LogP contribution < -0.4 is 5.32 Å². The third-order valence-electron chi connectivity index (χ3n) is 10.6. The van der Waals surface area contributed by atoms with Gasteiger partial charge in [-0.3, -0.25) is 9.59 Å². The molecule has 0 heterocycles. The predicted molar refractivity (Wildman–Crippen MR) is 236 cm³/mol. The van der Waals surface area contributed by atoms with Crippen molar-refractivity contribution in [3.63, 3.8) is 0 Å². The van der Waals surface area contributed by atoms with Gasteiger partial charge in [0.25, 0.3) is 0 Å².